The van der Waals surface area contributed by atoms with Gasteiger partial charge >= 0.3 is 5.97 Å². The van der Waals surface area contributed by atoms with Crippen LogP contribution < -0.4 is 0 Å². The SMILES string of the molecule is CCC(CC)N1N=C(C(=O)O)CCC1=O. The Morgan fingerprint density at radius 1 is 1.47 bits per heavy atom. The third-order valence-corrected chi connectivity index (χ3v) is 2.59. The first-order valence-corrected chi connectivity index (χ1v) is 5.23. The molecule has 0 aromatic carbocycles. The lowest BCUT2D eigenvalue weighted by Gasteiger charge is -2.28. The van der Waals surface area contributed by atoms with E-state index in [1.54, 1.807) is 0 Å². The van der Waals surface area contributed by atoms with Gasteiger partial charge in [0.25, 0.3) is 0 Å². The van der Waals surface area contributed by atoms with E-state index in [0.29, 0.717) is 0 Å². The molecule has 5 nitrogen and oxygen atoms in total. The summed E-state index contributed by atoms with van der Waals surface area (Å²) in [7, 11) is 0. The van der Waals surface area contributed by atoms with Crippen molar-refractivity contribution in [2.75, 3.05) is 0 Å². The number of rotatable bonds is 4. The molecule has 0 unspecified atom stereocenters. The number of carbonyl (C=O) groups excluding carboxylic acids is 1. The maximum Gasteiger partial charge on any atom is 0.352 e. The van der Waals surface area contributed by atoms with Gasteiger partial charge in [-0.3, -0.25) is 4.79 Å². The van der Waals surface area contributed by atoms with Crippen molar-refractivity contribution in [3.63, 3.8) is 0 Å². The second-order valence-corrected chi connectivity index (χ2v) is 3.56. The molecule has 0 saturated carbocycles. The molecule has 1 N–H and O–H groups in total. The number of hydrogen-bond acceptors (Lipinski definition) is 3. The zero-order chi connectivity index (χ0) is 11.4. The molecule has 5 heteroatoms. The van der Waals surface area contributed by atoms with Crippen molar-refractivity contribution in [1.29, 1.82) is 0 Å². The molecule has 1 aliphatic rings. The van der Waals surface area contributed by atoms with E-state index in [4.69, 9.17) is 5.11 Å². The molecule has 15 heavy (non-hydrogen) atoms. The molecule has 0 aromatic heterocycles. The predicted octanol–water partition coefficient (Wildman–Crippen LogP) is 1.24. The van der Waals surface area contributed by atoms with Gasteiger partial charge in [-0.15, -0.1) is 0 Å². The second-order valence-electron chi connectivity index (χ2n) is 3.56. The van der Waals surface area contributed by atoms with Gasteiger partial charge in [0, 0.05) is 12.8 Å². The highest BCUT2D eigenvalue weighted by Crippen LogP contribution is 2.16. The molecule has 1 heterocycles. The van der Waals surface area contributed by atoms with Crippen molar-refractivity contribution in [2.24, 2.45) is 5.10 Å². The molecule has 1 amide bonds. The number of carboxylic acids is 1. The zero-order valence-electron chi connectivity index (χ0n) is 9.06. The quantitative estimate of drug-likeness (QED) is 0.762. The summed E-state index contributed by atoms with van der Waals surface area (Å²) in [4.78, 5) is 22.3. The molecule has 1 aliphatic heterocycles. The summed E-state index contributed by atoms with van der Waals surface area (Å²) < 4.78 is 0. The van der Waals surface area contributed by atoms with Crippen LogP contribution in [0.2, 0.25) is 0 Å². The van der Waals surface area contributed by atoms with Gasteiger partial charge < -0.3 is 5.11 Å². The predicted molar refractivity (Wildman–Crippen MR) is 55.5 cm³/mol. The highest BCUT2D eigenvalue weighted by atomic mass is 16.4. The average Bonchev–Trinajstić information content (AvgIpc) is 2.22. The molecule has 0 bridgehead atoms. The van der Waals surface area contributed by atoms with Crippen LogP contribution in [0.1, 0.15) is 39.5 Å². The minimum atomic E-state index is -1.03. The Bertz CT molecular complexity index is 295. The van der Waals surface area contributed by atoms with Gasteiger partial charge in [0.05, 0.1) is 6.04 Å². The van der Waals surface area contributed by atoms with E-state index >= 15 is 0 Å². The first kappa shape index (κ1) is 11.7. The monoisotopic (exact) mass is 212 g/mol. The number of carbonyl (C=O) groups is 2. The fraction of sp³-hybridized carbons (Fsp3) is 0.700. The molecule has 0 fully saturated rings. The van der Waals surface area contributed by atoms with Crippen LogP contribution in [0.25, 0.3) is 0 Å². The molecule has 0 saturated heterocycles. The van der Waals surface area contributed by atoms with Crippen LogP contribution >= 0.6 is 0 Å². The normalized spacial score (nSPS) is 16.9. The molecule has 1 rings (SSSR count). The Labute approximate surface area is 88.8 Å². The summed E-state index contributed by atoms with van der Waals surface area (Å²) in [6.07, 6.45) is 2.07. The average molecular weight is 212 g/mol. The number of amides is 1. The van der Waals surface area contributed by atoms with Crippen molar-refractivity contribution in [3.05, 3.63) is 0 Å². The number of hydrogen-bond donors (Lipinski definition) is 1. The Kier molecular flexibility index (Phi) is 3.82. The van der Waals surface area contributed by atoms with Crippen LogP contribution in [-0.2, 0) is 9.59 Å². The summed E-state index contributed by atoms with van der Waals surface area (Å²) in [6.45, 7) is 3.93. The maximum absolute atomic E-state index is 11.5. The third kappa shape index (κ3) is 2.55. The Hall–Kier alpha value is -1.39. The first-order valence-electron chi connectivity index (χ1n) is 5.23. The Balaban J connectivity index is 2.88. The maximum atomic E-state index is 11.5. The summed E-state index contributed by atoms with van der Waals surface area (Å²) in [5.74, 6) is -1.10. The lowest BCUT2D eigenvalue weighted by molar-refractivity contribution is -0.135. The number of carboxylic acid groups (broad SMARTS) is 1. The minimum absolute atomic E-state index is 0.0205. The van der Waals surface area contributed by atoms with Crippen molar-refractivity contribution >= 4 is 17.6 Å². The van der Waals surface area contributed by atoms with Gasteiger partial charge in [-0.1, -0.05) is 13.8 Å². The van der Waals surface area contributed by atoms with Crippen molar-refractivity contribution < 1.29 is 14.7 Å². The topological polar surface area (TPSA) is 70.0 Å². The molecular weight excluding hydrogens is 196 g/mol. The second kappa shape index (κ2) is 4.91. The van der Waals surface area contributed by atoms with Crippen LogP contribution in [0.4, 0.5) is 0 Å². The lowest BCUT2D eigenvalue weighted by Crippen LogP contribution is -2.40. The van der Waals surface area contributed by atoms with E-state index in [2.05, 4.69) is 5.10 Å². The summed E-state index contributed by atoms with van der Waals surface area (Å²) in [5.41, 5.74) is 0.0847. The zero-order valence-corrected chi connectivity index (χ0v) is 9.06. The Morgan fingerprint density at radius 3 is 2.53 bits per heavy atom. The van der Waals surface area contributed by atoms with E-state index in [-0.39, 0.29) is 30.5 Å². The number of hydrazone groups is 1. The Morgan fingerprint density at radius 2 is 2.07 bits per heavy atom. The van der Waals surface area contributed by atoms with Crippen LogP contribution in [0, 0.1) is 0 Å². The van der Waals surface area contributed by atoms with Crippen molar-refractivity contribution in [1.82, 2.24) is 5.01 Å². The van der Waals surface area contributed by atoms with Gasteiger partial charge in [-0.25, -0.2) is 9.80 Å². The van der Waals surface area contributed by atoms with E-state index in [9.17, 15) is 9.59 Å². The molecule has 0 aromatic rings. The lowest BCUT2D eigenvalue weighted by atomic mass is 10.1. The van der Waals surface area contributed by atoms with E-state index < -0.39 is 5.97 Å². The summed E-state index contributed by atoms with van der Waals surface area (Å²) >= 11 is 0. The van der Waals surface area contributed by atoms with Gasteiger partial charge in [0.2, 0.25) is 5.91 Å². The summed E-state index contributed by atoms with van der Waals surface area (Å²) in [5, 5.41) is 14.0. The fourth-order valence-corrected chi connectivity index (χ4v) is 1.65. The van der Waals surface area contributed by atoms with Gasteiger partial charge in [-0.05, 0) is 12.8 Å². The smallest absolute Gasteiger partial charge is 0.352 e. The van der Waals surface area contributed by atoms with E-state index in [1.165, 1.54) is 5.01 Å². The highest BCUT2D eigenvalue weighted by Gasteiger charge is 2.27. The molecule has 0 aliphatic carbocycles. The van der Waals surface area contributed by atoms with Crippen LogP contribution in [0.3, 0.4) is 0 Å². The fourth-order valence-electron chi connectivity index (χ4n) is 1.65. The molecular formula is C10H16N2O3. The van der Waals surface area contributed by atoms with E-state index in [1.807, 2.05) is 13.8 Å². The van der Waals surface area contributed by atoms with Crippen molar-refractivity contribution in [3.8, 4) is 0 Å². The van der Waals surface area contributed by atoms with Crippen LogP contribution in [0.15, 0.2) is 5.10 Å². The van der Waals surface area contributed by atoms with Crippen LogP contribution in [0.5, 0.6) is 0 Å². The standard InChI is InChI=1S/C10H16N2O3/c1-3-7(4-2)12-9(13)6-5-8(11-12)10(14)15/h7H,3-6H2,1-2H3,(H,14,15). The van der Waals surface area contributed by atoms with Crippen LogP contribution in [-0.4, -0.2) is 33.7 Å². The van der Waals surface area contributed by atoms with Crippen molar-refractivity contribution in [2.45, 2.75) is 45.6 Å². The van der Waals surface area contributed by atoms with E-state index in [0.717, 1.165) is 12.8 Å². The molecule has 84 valence electrons. The number of aliphatic carboxylic acids is 1. The molecule has 0 atom stereocenters. The molecule has 0 radical (unpaired) electrons. The minimum Gasteiger partial charge on any atom is -0.477 e. The summed E-state index contributed by atoms with van der Waals surface area (Å²) in [6, 6.07) is 0.0205. The number of nitrogens with zero attached hydrogens (tertiary/aromatic N) is 2. The largest absolute Gasteiger partial charge is 0.477 e. The van der Waals surface area contributed by atoms with Gasteiger partial charge in [-0.2, -0.15) is 5.10 Å². The highest BCUT2D eigenvalue weighted by molar-refractivity contribution is 6.36. The molecule has 0 spiro atoms. The third-order valence-electron chi connectivity index (χ3n) is 2.59. The van der Waals surface area contributed by atoms with Gasteiger partial charge in [0.1, 0.15) is 5.71 Å². The first-order chi connectivity index (χ1) is 7.10. The van der Waals surface area contributed by atoms with Gasteiger partial charge in [0.15, 0.2) is 0 Å².